The summed E-state index contributed by atoms with van der Waals surface area (Å²) in [6.07, 6.45) is 1.29. The fourth-order valence-electron chi connectivity index (χ4n) is 2.63. The second-order valence-electron chi connectivity index (χ2n) is 5.42. The maximum absolute atomic E-state index is 11.4. The van der Waals surface area contributed by atoms with Crippen molar-refractivity contribution in [2.75, 3.05) is 16.4 Å². The fourth-order valence-corrected chi connectivity index (χ4v) is 2.63. The number of benzene rings is 2. The zero-order valence-corrected chi connectivity index (χ0v) is 12.0. The summed E-state index contributed by atoms with van der Waals surface area (Å²) in [6, 6.07) is 14.3. The van der Waals surface area contributed by atoms with Crippen LogP contribution in [0.3, 0.4) is 0 Å². The summed E-state index contributed by atoms with van der Waals surface area (Å²) in [6.45, 7) is 2.11. The molecule has 0 bridgehead atoms. The van der Waals surface area contributed by atoms with Gasteiger partial charge in [0.25, 0.3) is 0 Å². The maximum Gasteiger partial charge on any atom is 0.224 e. The summed E-state index contributed by atoms with van der Waals surface area (Å²) in [5.74, 6) is 0.0558. The van der Waals surface area contributed by atoms with Crippen molar-refractivity contribution in [3.8, 4) is 0 Å². The van der Waals surface area contributed by atoms with Gasteiger partial charge in [0.1, 0.15) is 0 Å². The SMILES string of the molecule is CC(Nc1cc2c(cc1N)NC(=O)CC2)c1ccccc1. The topological polar surface area (TPSA) is 67.2 Å². The van der Waals surface area contributed by atoms with Crippen LogP contribution in [0.15, 0.2) is 42.5 Å². The fraction of sp³-hybridized carbons (Fsp3) is 0.235. The molecule has 4 heteroatoms. The Balaban J connectivity index is 1.84. The van der Waals surface area contributed by atoms with Gasteiger partial charge in [0.05, 0.1) is 11.4 Å². The molecule has 3 rings (SSSR count). The minimum atomic E-state index is 0.0558. The Morgan fingerprint density at radius 1 is 1.19 bits per heavy atom. The Labute approximate surface area is 124 Å². The molecule has 0 saturated heterocycles. The molecule has 0 radical (unpaired) electrons. The Morgan fingerprint density at radius 2 is 1.95 bits per heavy atom. The predicted octanol–water partition coefficient (Wildman–Crippen LogP) is 3.33. The van der Waals surface area contributed by atoms with Crippen molar-refractivity contribution in [3.63, 3.8) is 0 Å². The lowest BCUT2D eigenvalue weighted by Crippen LogP contribution is -2.19. The van der Waals surface area contributed by atoms with E-state index in [9.17, 15) is 4.79 Å². The van der Waals surface area contributed by atoms with Gasteiger partial charge in [-0.3, -0.25) is 4.79 Å². The third-order valence-electron chi connectivity index (χ3n) is 3.84. The van der Waals surface area contributed by atoms with Crippen molar-refractivity contribution in [1.29, 1.82) is 0 Å². The average Bonchev–Trinajstić information content (AvgIpc) is 2.49. The normalized spacial score (nSPS) is 15.0. The van der Waals surface area contributed by atoms with E-state index in [-0.39, 0.29) is 11.9 Å². The van der Waals surface area contributed by atoms with Crippen LogP contribution in [0.25, 0.3) is 0 Å². The number of hydrogen-bond acceptors (Lipinski definition) is 3. The van der Waals surface area contributed by atoms with Crippen molar-refractivity contribution in [3.05, 3.63) is 53.6 Å². The number of fused-ring (bicyclic) bond motifs is 1. The molecule has 2 aromatic carbocycles. The standard InChI is InChI=1S/C17H19N3O/c1-11(12-5-3-2-4-6-12)19-16-9-13-7-8-17(21)20-15(13)10-14(16)18/h2-6,9-11,19H,7-8,18H2,1H3,(H,20,21). The van der Waals surface area contributed by atoms with Gasteiger partial charge in [0.2, 0.25) is 5.91 Å². The number of anilines is 3. The largest absolute Gasteiger partial charge is 0.397 e. The maximum atomic E-state index is 11.4. The molecule has 21 heavy (non-hydrogen) atoms. The highest BCUT2D eigenvalue weighted by molar-refractivity contribution is 5.95. The second kappa shape index (κ2) is 5.48. The van der Waals surface area contributed by atoms with Crippen LogP contribution in [0.4, 0.5) is 17.1 Å². The van der Waals surface area contributed by atoms with E-state index in [0.717, 1.165) is 23.4 Å². The molecule has 0 spiro atoms. The summed E-state index contributed by atoms with van der Waals surface area (Å²) in [5, 5.41) is 6.32. The number of aryl methyl sites for hydroxylation is 1. The van der Waals surface area contributed by atoms with Gasteiger partial charge >= 0.3 is 0 Å². The number of nitrogen functional groups attached to an aromatic ring is 1. The molecule has 2 aromatic rings. The van der Waals surface area contributed by atoms with Gasteiger partial charge < -0.3 is 16.4 Å². The van der Waals surface area contributed by atoms with E-state index in [1.165, 1.54) is 5.56 Å². The number of nitrogens with two attached hydrogens (primary N) is 1. The van der Waals surface area contributed by atoms with E-state index in [4.69, 9.17) is 5.73 Å². The van der Waals surface area contributed by atoms with Crippen molar-refractivity contribution >= 4 is 23.0 Å². The highest BCUT2D eigenvalue weighted by Gasteiger charge is 2.17. The monoisotopic (exact) mass is 281 g/mol. The van der Waals surface area contributed by atoms with Gasteiger partial charge in [-0.15, -0.1) is 0 Å². The number of rotatable bonds is 3. The molecule has 0 aromatic heterocycles. The van der Waals surface area contributed by atoms with Crippen molar-refractivity contribution in [2.24, 2.45) is 0 Å². The molecule has 0 saturated carbocycles. The minimum absolute atomic E-state index is 0.0558. The van der Waals surface area contributed by atoms with Crippen LogP contribution in [0.5, 0.6) is 0 Å². The van der Waals surface area contributed by atoms with Crippen molar-refractivity contribution in [1.82, 2.24) is 0 Å². The Bertz CT molecular complexity index is 667. The van der Waals surface area contributed by atoms with Crippen LogP contribution in [0.2, 0.25) is 0 Å². The lowest BCUT2D eigenvalue weighted by molar-refractivity contribution is -0.116. The first kappa shape index (κ1) is 13.5. The van der Waals surface area contributed by atoms with Crippen LogP contribution >= 0.6 is 0 Å². The first-order chi connectivity index (χ1) is 10.1. The highest BCUT2D eigenvalue weighted by Crippen LogP contribution is 2.32. The van der Waals surface area contributed by atoms with E-state index in [0.29, 0.717) is 12.1 Å². The molecule has 4 N–H and O–H groups in total. The molecule has 1 amide bonds. The highest BCUT2D eigenvalue weighted by atomic mass is 16.1. The van der Waals surface area contributed by atoms with Crippen LogP contribution in [0, 0.1) is 0 Å². The van der Waals surface area contributed by atoms with E-state index in [2.05, 4.69) is 29.7 Å². The number of hydrogen-bond donors (Lipinski definition) is 3. The van der Waals surface area contributed by atoms with E-state index in [1.807, 2.05) is 30.3 Å². The first-order valence-electron chi connectivity index (χ1n) is 7.17. The Hall–Kier alpha value is -2.49. The molecule has 1 atom stereocenters. The van der Waals surface area contributed by atoms with Crippen molar-refractivity contribution < 1.29 is 4.79 Å². The molecule has 108 valence electrons. The Morgan fingerprint density at radius 3 is 2.71 bits per heavy atom. The van der Waals surface area contributed by atoms with Crippen molar-refractivity contribution in [2.45, 2.75) is 25.8 Å². The van der Waals surface area contributed by atoms with Crippen LogP contribution in [-0.2, 0) is 11.2 Å². The number of amides is 1. The van der Waals surface area contributed by atoms with E-state index in [1.54, 1.807) is 0 Å². The molecular formula is C17H19N3O. The summed E-state index contributed by atoms with van der Waals surface area (Å²) in [5.41, 5.74) is 10.8. The molecule has 1 aliphatic heterocycles. The Kier molecular flexibility index (Phi) is 3.52. The summed E-state index contributed by atoms with van der Waals surface area (Å²) in [4.78, 5) is 11.4. The molecule has 1 unspecified atom stereocenters. The third-order valence-corrected chi connectivity index (χ3v) is 3.84. The zero-order chi connectivity index (χ0) is 14.8. The first-order valence-corrected chi connectivity index (χ1v) is 7.17. The summed E-state index contributed by atoms with van der Waals surface area (Å²) >= 11 is 0. The van der Waals surface area contributed by atoms with Gasteiger partial charge in [-0.1, -0.05) is 30.3 Å². The van der Waals surface area contributed by atoms with Crippen LogP contribution in [0.1, 0.15) is 30.5 Å². The predicted molar refractivity (Wildman–Crippen MR) is 86.3 cm³/mol. The molecule has 1 aliphatic rings. The molecule has 1 heterocycles. The van der Waals surface area contributed by atoms with Crippen LogP contribution in [-0.4, -0.2) is 5.91 Å². The zero-order valence-electron chi connectivity index (χ0n) is 12.0. The van der Waals surface area contributed by atoms with Gasteiger partial charge in [0, 0.05) is 18.2 Å². The quantitative estimate of drug-likeness (QED) is 0.756. The average molecular weight is 281 g/mol. The number of carbonyl (C=O) groups excluding carboxylic acids is 1. The molecule has 4 nitrogen and oxygen atoms in total. The molecule has 0 fully saturated rings. The van der Waals surface area contributed by atoms with Gasteiger partial charge in [0.15, 0.2) is 0 Å². The van der Waals surface area contributed by atoms with E-state index < -0.39 is 0 Å². The minimum Gasteiger partial charge on any atom is -0.397 e. The summed E-state index contributed by atoms with van der Waals surface area (Å²) < 4.78 is 0. The lowest BCUT2D eigenvalue weighted by atomic mass is 10.0. The van der Waals surface area contributed by atoms with Gasteiger partial charge in [-0.05, 0) is 36.6 Å². The number of carbonyl (C=O) groups is 1. The smallest absolute Gasteiger partial charge is 0.224 e. The van der Waals surface area contributed by atoms with Gasteiger partial charge in [-0.25, -0.2) is 0 Å². The molecule has 0 aliphatic carbocycles. The number of nitrogens with one attached hydrogen (secondary N) is 2. The summed E-state index contributed by atoms with van der Waals surface area (Å²) in [7, 11) is 0. The third kappa shape index (κ3) is 2.84. The lowest BCUT2D eigenvalue weighted by Gasteiger charge is -2.22. The van der Waals surface area contributed by atoms with Crippen LogP contribution < -0.4 is 16.4 Å². The van der Waals surface area contributed by atoms with E-state index >= 15 is 0 Å². The van der Waals surface area contributed by atoms with Gasteiger partial charge in [-0.2, -0.15) is 0 Å². The second-order valence-corrected chi connectivity index (χ2v) is 5.42. The molecular weight excluding hydrogens is 262 g/mol.